The summed E-state index contributed by atoms with van der Waals surface area (Å²) in [4.78, 5) is 16.8. The summed E-state index contributed by atoms with van der Waals surface area (Å²) in [6.07, 6.45) is 2.22. The van der Waals surface area contributed by atoms with Crippen molar-refractivity contribution in [2.75, 3.05) is 27.2 Å². The summed E-state index contributed by atoms with van der Waals surface area (Å²) in [5, 5.41) is 0. The predicted octanol–water partition coefficient (Wildman–Crippen LogP) is 2.92. The van der Waals surface area contributed by atoms with Gasteiger partial charge in [-0.15, -0.1) is 0 Å². The summed E-state index contributed by atoms with van der Waals surface area (Å²) in [6, 6.07) is 6.20. The van der Waals surface area contributed by atoms with Gasteiger partial charge in [-0.3, -0.25) is 4.79 Å². The molecule has 0 aliphatic carbocycles. The first-order valence-corrected chi connectivity index (χ1v) is 7.50. The average Bonchev–Trinajstić information content (AvgIpc) is 2.79. The van der Waals surface area contributed by atoms with E-state index in [2.05, 4.69) is 34.9 Å². The minimum atomic E-state index is 0.157. The van der Waals surface area contributed by atoms with Crippen LogP contribution in [0.3, 0.4) is 0 Å². The van der Waals surface area contributed by atoms with Crippen LogP contribution in [-0.2, 0) is 0 Å². The molecule has 1 atom stereocenters. The van der Waals surface area contributed by atoms with Gasteiger partial charge in [0.05, 0.1) is 0 Å². The highest BCUT2D eigenvalue weighted by Gasteiger charge is 2.29. The van der Waals surface area contributed by atoms with E-state index in [4.69, 9.17) is 0 Å². The third-order valence-corrected chi connectivity index (χ3v) is 4.49. The van der Waals surface area contributed by atoms with Crippen molar-refractivity contribution in [3.05, 3.63) is 33.8 Å². The van der Waals surface area contributed by atoms with E-state index in [1.165, 1.54) is 0 Å². The number of hydrogen-bond donors (Lipinski definition) is 0. The Balaban J connectivity index is 2.16. The van der Waals surface area contributed by atoms with Crippen LogP contribution in [0.15, 0.2) is 22.7 Å². The highest BCUT2D eigenvalue weighted by atomic mass is 79.9. The van der Waals surface area contributed by atoms with Crippen LogP contribution in [0, 0.1) is 6.92 Å². The molecule has 1 aliphatic rings. The van der Waals surface area contributed by atoms with Gasteiger partial charge in [0.15, 0.2) is 0 Å². The Hall–Kier alpha value is -0.870. The van der Waals surface area contributed by atoms with Crippen LogP contribution in [0.4, 0.5) is 0 Å². The summed E-state index contributed by atoms with van der Waals surface area (Å²) in [7, 11) is 4.12. The maximum Gasteiger partial charge on any atom is 0.254 e. The molecule has 1 aromatic rings. The van der Waals surface area contributed by atoms with E-state index in [1.807, 2.05) is 30.0 Å². The number of rotatable bonds is 3. The molecule has 0 bridgehead atoms. The molecule has 1 aromatic carbocycles. The van der Waals surface area contributed by atoms with Crippen LogP contribution in [0.2, 0.25) is 0 Å². The molecular weight excluding hydrogens is 304 g/mol. The Morgan fingerprint density at radius 1 is 1.47 bits per heavy atom. The van der Waals surface area contributed by atoms with Crippen LogP contribution in [0.1, 0.15) is 28.8 Å². The number of hydrogen-bond acceptors (Lipinski definition) is 2. The Morgan fingerprint density at radius 3 is 2.84 bits per heavy atom. The normalized spacial score (nSPS) is 19.2. The van der Waals surface area contributed by atoms with Crippen LogP contribution in [0.25, 0.3) is 0 Å². The highest BCUT2D eigenvalue weighted by molar-refractivity contribution is 9.10. The second-order valence-electron chi connectivity index (χ2n) is 5.52. The van der Waals surface area contributed by atoms with E-state index >= 15 is 0 Å². The maximum atomic E-state index is 12.6. The Morgan fingerprint density at radius 2 is 2.21 bits per heavy atom. The highest BCUT2D eigenvalue weighted by Crippen LogP contribution is 2.23. The summed E-state index contributed by atoms with van der Waals surface area (Å²) >= 11 is 3.50. The van der Waals surface area contributed by atoms with Gasteiger partial charge >= 0.3 is 0 Å². The van der Waals surface area contributed by atoms with Crippen LogP contribution in [-0.4, -0.2) is 48.9 Å². The number of aryl methyl sites for hydroxylation is 1. The quantitative estimate of drug-likeness (QED) is 0.853. The lowest BCUT2D eigenvalue weighted by Gasteiger charge is -2.27. The van der Waals surface area contributed by atoms with Gasteiger partial charge in [0.25, 0.3) is 5.91 Å². The van der Waals surface area contributed by atoms with Crippen LogP contribution in [0.5, 0.6) is 0 Å². The van der Waals surface area contributed by atoms with Crippen molar-refractivity contribution in [1.29, 1.82) is 0 Å². The predicted molar refractivity (Wildman–Crippen MR) is 81.5 cm³/mol. The summed E-state index contributed by atoms with van der Waals surface area (Å²) in [5.74, 6) is 0.157. The molecule has 104 valence electrons. The van der Waals surface area contributed by atoms with E-state index in [9.17, 15) is 4.79 Å². The van der Waals surface area contributed by atoms with Crippen LogP contribution < -0.4 is 0 Å². The molecule has 2 rings (SSSR count). The number of halogens is 1. The number of carbonyl (C=O) groups excluding carboxylic acids is 1. The van der Waals surface area contributed by atoms with Gasteiger partial charge in [-0.1, -0.05) is 22.0 Å². The van der Waals surface area contributed by atoms with E-state index < -0.39 is 0 Å². The second kappa shape index (κ2) is 6.06. The summed E-state index contributed by atoms with van der Waals surface area (Å²) in [5.41, 5.74) is 1.94. The molecule has 0 radical (unpaired) electrons. The lowest BCUT2D eigenvalue weighted by molar-refractivity contribution is 0.0716. The Kier molecular flexibility index (Phi) is 4.63. The summed E-state index contributed by atoms with van der Waals surface area (Å²) < 4.78 is 1.00. The van der Waals surface area contributed by atoms with Gasteiger partial charge in [0.1, 0.15) is 0 Å². The first-order valence-electron chi connectivity index (χ1n) is 6.71. The summed E-state index contributed by atoms with van der Waals surface area (Å²) in [6.45, 7) is 3.85. The van der Waals surface area contributed by atoms with E-state index in [0.717, 1.165) is 41.5 Å². The van der Waals surface area contributed by atoms with Gasteiger partial charge in [0, 0.05) is 29.2 Å². The van der Waals surface area contributed by atoms with Gasteiger partial charge in [0.2, 0.25) is 0 Å². The number of amides is 1. The molecule has 19 heavy (non-hydrogen) atoms. The van der Waals surface area contributed by atoms with Crippen molar-refractivity contribution in [3.8, 4) is 0 Å². The molecule has 0 saturated carbocycles. The molecule has 1 amide bonds. The lowest BCUT2D eigenvalue weighted by atomic mass is 10.1. The molecule has 1 unspecified atom stereocenters. The van der Waals surface area contributed by atoms with Gasteiger partial charge in [-0.25, -0.2) is 0 Å². The van der Waals surface area contributed by atoms with E-state index in [1.54, 1.807) is 0 Å². The zero-order valence-corrected chi connectivity index (χ0v) is 13.4. The standard InChI is InChI=1S/C15H21BrN2O/c1-11-6-7-12(9-14(11)16)15(19)18-8-4-5-13(18)10-17(2)3/h6-7,9,13H,4-5,8,10H2,1-3H3. The first kappa shape index (κ1) is 14.5. The minimum Gasteiger partial charge on any atom is -0.334 e. The number of nitrogens with zero attached hydrogens (tertiary/aromatic N) is 2. The topological polar surface area (TPSA) is 23.6 Å². The number of likely N-dealkylation sites (N-methyl/N-ethyl adjacent to an activating group) is 1. The molecule has 3 nitrogen and oxygen atoms in total. The monoisotopic (exact) mass is 324 g/mol. The number of benzene rings is 1. The first-order chi connectivity index (χ1) is 8.99. The zero-order valence-electron chi connectivity index (χ0n) is 11.8. The van der Waals surface area contributed by atoms with Gasteiger partial charge < -0.3 is 9.80 Å². The molecule has 1 saturated heterocycles. The fraction of sp³-hybridized carbons (Fsp3) is 0.533. The molecule has 1 aliphatic heterocycles. The Bertz CT molecular complexity index is 473. The average molecular weight is 325 g/mol. The van der Waals surface area contributed by atoms with Crippen molar-refractivity contribution in [1.82, 2.24) is 9.80 Å². The minimum absolute atomic E-state index is 0.157. The fourth-order valence-electron chi connectivity index (χ4n) is 2.61. The van der Waals surface area contributed by atoms with Gasteiger partial charge in [-0.05, 0) is 51.6 Å². The molecular formula is C15H21BrN2O. The molecule has 0 N–H and O–H groups in total. The lowest BCUT2D eigenvalue weighted by Crippen LogP contribution is -2.41. The van der Waals surface area contributed by atoms with Crippen molar-refractivity contribution < 1.29 is 4.79 Å². The zero-order chi connectivity index (χ0) is 14.0. The number of likely N-dealkylation sites (tertiary alicyclic amines) is 1. The Labute approximate surface area is 123 Å². The number of carbonyl (C=O) groups is 1. The maximum absolute atomic E-state index is 12.6. The van der Waals surface area contributed by atoms with Crippen molar-refractivity contribution in [2.24, 2.45) is 0 Å². The molecule has 1 heterocycles. The third-order valence-electron chi connectivity index (χ3n) is 3.63. The van der Waals surface area contributed by atoms with Crippen molar-refractivity contribution in [3.63, 3.8) is 0 Å². The third kappa shape index (κ3) is 3.37. The largest absolute Gasteiger partial charge is 0.334 e. The second-order valence-corrected chi connectivity index (χ2v) is 6.38. The van der Waals surface area contributed by atoms with Gasteiger partial charge in [-0.2, -0.15) is 0 Å². The van der Waals surface area contributed by atoms with Crippen molar-refractivity contribution >= 4 is 21.8 Å². The van der Waals surface area contributed by atoms with E-state index in [0.29, 0.717) is 6.04 Å². The molecule has 4 heteroatoms. The fourth-order valence-corrected chi connectivity index (χ4v) is 2.98. The molecule has 1 fully saturated rings. The van der Waals surface area contributed by atoms with Crippen molar-refractivity contribution in [2.45, 2.75) is 25.8 Å². The van der Waals surface area contributed by atoms with E-state index in [-0.39, 0.29) is 5.91 Å². The molecule has 0 spiro atoms. The van der Waals surface area contributed by atoms with Crippen LogP contribution >= 0.6 is 15.9 Å². The SMILES string of the molecule is Cc1ccc(C(=O)N2CCCC2CN(C)C)cc1Br. The molecule has 0 aromatic heterocycles. The smallest absolute Gasteiger partial charge is 0.254 e.